The zero-order valence-corrected chi connectivity index (χ0v) is 16.2. The van der Waals surface area contributed by atoms with Gasteiger partial charge in [0.05, 0.1) is 0 Å². The van der Waals surface area contributed by atoms with Gasteiger partial charge in [-0.15, -0.1) is 0 Å². The third kappa shape index (κ3) is 4.54. The second kappa shape index (κ2) is 8.76. The van der Waals surface area contributed by atoms with E-state index in [1.807, 2.05) is 12.1 Å². The van der Waals surface area contributed by atoms with Gasteiger partial charge in [-0.3, -0.25) is 4.90 Å². The molecule has 0 spiro atoms. The summed E-state index contributed by atoms with van der Waals surface area (Å²) in [5.74, 6) is 0.129. The van der Waals surface area contributed by atoms with Crippen molar-refractivity contribution in [1.82, 2.24) is 10.2 Å². The molecular weight excluding hydrogens is 350 g/mol. The number of urea groups is 1. The summed E-state index contributed by atoms with van der Waals surface area (Å²) in [6.07, 6.45) is 4.82. The molecule has 2 aromatic carbocycles. The third-order valence-corrected chi connectivity index (χ3v) is 5.88. The van der Waals surface area contributed by atoms with Gasteiger partial charge in [0.1, 0.15) is 6.23 Å². The number of rotatable bonds is 6. The summed E-state index contributed by atoms with van der Waals surface area (Å²) in [5, 5.41) is 16.9. The van der Waals surface area contributed by atoms with Gasteiger partial charge in [0.2, 0.25) is 0 Å². The van der Waals surface area contributed by atoms with Crippen LogP contribution in [0.3, 0.4) is 0 Å². The fourth-order valence-corrected chi connectivity index (χ4v) is 4.37. The molecule has 2 aromatic rings. The summed E-state index contributed by atoms with van der Waals surface area (Å²) >= 11 is 0. The number of nitrogens with one attached hydrogen (secondary N) is 2. The fourth-order valence-electron chi connectivity index (χ4n) is 4.37. The molecule has 2 heterocycles. The van der Waals surface area contributed by atoms with Crippen molar-refractivity contribution in [2.24, 2.45) is 5.92 Å². The molecule has 5 heteroatoms. The Kier molecular flexibility index (Phi) is 5.93. The summed E-state index contributed by atoms with van der Waals surface area (Å²) in [6.45, 7) is 2.51. The van der Waals surface area contributed by atoms with E-state index in [9.17, 15) is 9.90 Å². The second-order valence-corrected chi connectivity index (χ2v) is 7.96. The van der Waals surface area contributed by atoms with E-state index in [0.29, 0.717) is 6.54 Å². The van der Waals surface area contributed by atoms with Crippen molar-refractivity contribution in [3.63, 3.8) is 0 Å². The molecule has 0 aliphatic carbocycles. The Morgan fingerprint density at radius 1 is 0.964 bits per heavy atom. The number of amides is 2. The van der Waals surface area contributed by atoms with Gasteiger partial charge in [0.15, 0.2) is 0 Å². The molecule has 2 unspecified atom stereocenters. The van der Waals surface area contributed by atoms with Gasteiger partial charge in [-0.05, 0) is 48.4 Å². The van der Waals surface area contributed by atoms with Crippen LogP contribution in [-0.4, -0.2) is 35.4 Å². The number of likely N-dealkylation sites (tertiary alicyclic amines) is 1. The van der Waals surface area contributed by atoms with Gasteiger partial charge < -0.3 is 15.7 Å². The van der Waals surface area contributed by atoms with E-state index in [-0.39, 0.29) is 11.9 Å². The molecule has 2 aliphatic heterocycles. The van der Waals surface area contributed by atoms with Crippen molar-refractivity contribution in [3.05, 3.63) is 65.2 Å². The van der Waals surface area contributed by atoms with Crippen LogP contribution in [-0.2, 0) is 19.4 Å². The lowest BCUT2D eigenvalue weighted by atomic mass is 9.89. The molecule has 1 saturated heterocycles. The number of piperidine rings is 1. The number of aliphatic hydroxyl groups is 1. The Hall–Kier alpha value is -2.37. The van der Waals surface area contributed by atoms with E-state index in [1.165, 1.54) is 30.4 Å². The normalized spacial score (nSPS) is 19.2. The smallest absolute Gasteiger partial charge is 0.319 e. The van der Waals surface area contributed by atoms with Crippen LogP contribution in [0.1, 0.15) is 36.0 Å². The van der Waals surface area contributed by atoms with E-state index in [1.54, 1.807) is 0 Å². The predicted octanol–water partition coefficient (Wildman–Crippen LogP) is 3.53. The SMILES string of the molecule is O=C1NCc2cc(CC(Cc3ccccc3)C(O)N3CCCCC3)ccc2N1. The molecule has 28 heavy (non-hydrogen) atoms. The Morgan fingerprint density at radius 2 is 1.71 bits per heavy atom. The van der Waals surface area contributed by atoms with E-state index in [2.05, 4.69) is 51.9 Å². The summed E-state index contributed by atoms with van der Waals surface area (Å²) in [4.78, 5) is 13.7. The minimum Gasteiger partial charge on any atom is -0.378 e. The van der Waals surface area contributed by atoms with E-state index in [0.717, 1.165) is 37.2 Å². The molecule has 0 saturated carbocycles. The van der Waals surface area contributed by atoms with Crippen LogP contribution in [0.5, 0.6) is 0 Å². The molecule has 2 atom stereocenters. The van der Waals surface area contributed by atoms with Gasteiger partial charge in [-0.25, -0.2) is 4.79 Å². The number of nitrogens with zero attached hydrogens (tertiary/aromatic N) is 1. The minimum absolute atomic E-state index is 0.129. The highest BCUT2D eigenvalue weighted by atomic mass is 16.3. The monoisotopic (exact) mass is 379 g/mol. The molecule has 2 amide bonds. The van der Waals surface area contributed by atoms with Gasteiger partial charge in [-0.1, -0.05) is 48.9 Å². The van der Waals surface area contributed by atoms with Crippen molar-refractivity contribution in [2.45, 2.75) is 44.9 Å². The first kappa shape index (κ1) is 19.0. The number of fused-ring (bicyclic) bond motifs is 1. The lowest BCUT2D eigenvalue weighted by molar-refractivity contribution is -0.0490. The minimum atomic E-state index is -0.436. The Labute approximate surface area is 166 Å². The number of hydrogen-bond acceptors (Lipinski definition) is 3. The first-order valence-corrected chi connectivity index (χ1v) is 10.3. The lowest BCUT2D eigenvalue weighted by Crippen LogP contribution is -2.45. The zero-order chi connectivity index (χ0) is 19.3. The third-order valence-electron chi connectivity index (χ3n) is 5.88. The van der Waals surface area contributed by atoms with Crippen LogP contribution < -0.4 is 10.6 Å². The van der Waals surface area contributed by atoms with Crippen LogP contribution in [0, 0.1) is 5.92 Å². The maximum atomic E-state index is 11.5. The quantitative estimate of drug-likeness (QED) is 0.719. The highest BCUT2D eigenvalue weighted by Crippen LogP contribution is 2.26. The maximum absolute atomic E-state index is 11.5. The summed E-state index contributed by atoms with van der Waals surface area (Å²) in [5.41, 5.74) is 4.44. The van der Waals surface area contributed by atoms with Crippen molar-refractivity contribution in [2.75, 3.05) is 18.4 Å². The number of benzene rings is 2. The van der Waals surface area contributed by atoms with Crippen molar-refractivity contribution < 1.29 is 9.90 Å². The Balaban J connectivity index is 1.53. The summed E-state index contributed by atoms with van der Waals surface area (Å²) in [7, 11) is 0. The van der Waals surface area contributed by atoms with Crippen LogP contribution in [0.25, 0.3) is 0 Å². The molecule has 5 nitrogen and oxygen atoms in total. The molecule has 1 fully saturated rings. The number of aliphatic hydroxyl groups excluding tert-OH is 1. The van der Waals surface area contributed by atoms with Gasteiger partial charge in [0, 0.05) is 31.2 Å². The van der Waals surface area contributed by atoms with E-state index >= 15 is 0 Å². The molecule has 3 N–H and O–H groups in total. The van der Waals surface area contributed by atoms with Gasteiger partial charge >= 0.3 is 6.03 Å². The Bertz CT molecular complexity index is 803. The highest BCUT2D eigenvalue weighted by Gasteiger charge is 2.27. The average molecular weight is 380 g/mol. The zero-order valence-electron chi connectivity index (χ0n) is 16.2. The number of hydrogen-bond donors (Lipinski definition) is 3. The largest absolute Gasteiger partial charge is 0.378 e. The molecule has 4 rings (SSSR count). The lowest BCUT2D eigenvalue weighted by Gasteiger charge is -2.36. The standard InChI is InChI=1S/C23H29N3O2/c27-22(26-11-5-2-6-12-26)19(13-17-7-3-1-4-8-17)14-18-9-10-21-20(15-18)16-24-23(28)25-21/h1,3-4,7-10,15,19,22,27H,2,5-6,11-14,16H2,(H2,24,25,28). The number of anilines is 1. The molecular formula is C23H29N3O2. The summed E-state index contributed by atoms with van der Waals surface area (Å²) in [6, 6.07) is 16.5. The van der Waals surface area contributed by atoms with Gasteiger partial charge in [0.25, 0.3) is 0 Å². The molecule has 0 aromatic heterocycles. The van der Waals surface area contributed by atoms with Crippen molar-refractivity contribution >= 4 is 11.7 Å². The van der Waals surface area contributed by atoms with E-state index in [4.69, 9.17) is 0 Å². The van der Waals surface area contributed by atoms with Crippen LogP contribution in [0.2, 0.25) is 0 Å². The molecule has 2 aliphatic rings. The summed E-state index contributed by atoms with van der Waals surface area (Å²) < 4.78 is 0. The van der Waals surface area contributed by atoms with Crippen molar-refractivity contribution in [1.29, 1.82) is 0 Å². The first-order valence-electron chi connectivity index (χ1n) is 10.3. The maximum Gasteiger partial charge on any atom is 0.319 e. The van der Waals surface area contributed by atoms with Gasteiger partial charge in [-0.2, -0.15) is 0 Å². The second-order valence-electron chi connectivity index (χ2n) is 7.96. The molecule has 148 valence electrons. The molecule has 0 bridgehead atoms. The highest BCUT2D eigenvalue weighted by molar-refractivity contribution is 5.92. The van der Waals surface area contributed by atoms with Crippen LogP contribution in [0.15, 0.2) is 48.5 Å². The Morgan fingerprint density at radius 3 is 2.50 bits per heavy atom. The average Bonchev–Trinajstić information content (AvgIpc) is 2.74. The first-order chi connectivity index (χ1) is 13.7. The fraction of sp³-hybridized carbons (Fsp3) is 0.435. The van der Waals surface area contributed by atoms with Crippen LogP contribution >= 0.6 is 0 Å². The predicted molar refractivity (Wildman–Crippen MR) is 111 cm³/mol. The molecule has 0 radical (unpaired) electrons. The van der Waals surface area contributed by atoms with E-state index < -0.39 is 6.23 Å². The van der Waals surface area contributed by atoms with Crippen LogP contribution in [0.4, 0.5) is 10.5 Å². The van der Waals surface area contributed by atoms with Crippen molar-refractivity contribution in [3.8, 4) is 0 Å². The topological polar surface area (TPSA) is 64.6 Å². The number of carbonyl (C=O) groups is 1. The number of carbonyl (C=O) groups excluding carboxylic acids is 1.